The van der Waals surface area contributed by atoms with Gasteiger partial charge >= 0.3 is 0 Å². The second-order valence-corrected chi connectivity index (χ2v) is 7.54. The molecule has 1 aromatic carbocycles. The maximum Gasteiger partial charge on any atom is 0.261 e. The van der Waals surface area contributed by atoms with Crippen molar-refractivity contribution in [1.82, 2.24) is 14.7 Å². The number of carbonyl (C=O) groups is 2. The lowest BCUT2D eigenvalue weighted by Gasteiger charge is -2.32. The van der Waals surface area contributed by atoms with Gasteiger partial charge in [-0.05, 0) is 84.0 Å². The molecular weight excluding hydrogens is 314 g/mol. The first kappa shape index (κ1) is 18.1. The van der Waals surface area contributed by atoms with Crippen molar-refractivity contribution < 1.29 is 9.59 Å². The number of benzene rings is 1. The van der Waals surface area contributed by atoms with Crippen LogP contribution in [0, 0.1) is 5.92 Å². The molecule has 2 aliphatic heterocycles. The van der Waals surface area contributed by atoms with Gasteiger partial charge in [-0.2, -0.15) is 0 Å². The van der Waals surface area contributed by atoms with Gasteiger partial charge in [0, 0.05) is 6.54 Å². The van der Waals surface area contributed by atoms with E-state index in [0.717, 1.165) is 32.0 Å². The molecule has 0 spiro atoms. The van der Waals surface area contributed by atoms with E-state index in [0.29, 0.717) is 17.7 Å². The molecule has 1 saturated heterocycles. The zero-order valence-corrected chi connectivity index (χ0v) is 15.4. The summed E-state index contributed by atoms with van der Waals surface area (Å²) < 4.78 is 0. The number of likely N-dealkylation sites (tertiary alicyclic amines) is 1. The predicted octanol–water partition coefficient (Wildman–Crippen LogP) is 2.34. The van der Waals surface area contributed by atoms with E-state index in [1.807, 2.05) is 12.1 Å². The quantitative estimate of drug-likeness (QED) is 0.713. The molecule has 0 unspecified atom stereocenters. The SMILES string of the molecule is CN(C)CCC1CCN(CCCN2C(=O)c3ccccc3C2=O)CC1. The summed E-state index contributed by atoms with van der Waals surface area (Å²) in [6.07, 6.45) is 4.67. The zero-order valence-electron chi connectivity index (χ0n) is 15.4. The van der Waals surface area contributed by atoms with E-state index in [1.165, 1.54) is 30.7 Å². The van der Waals surface area contributed by atoms with Crippen molar-refractivity contribution in [1.29, 1.82) is 0 Å². The average molecular weight is 343 g/mol. The number of fused-ring (bicyclic) bond motifs is 1. The van der Waals surface area contributed by atoms with Gasteiger partial charge in [0.05, 0.1) is 11.1 Å². The minimum Gasteiger partial charge on any atom is -0.309 e. The van der Waals surface area contributed by atoms with E-state index in [2.05, 4.69) is 23.9 Å². The van der Waals surface area contributed by atoms with Crippen LogP contribution >= 0.6 is 0 Å². The lowest BCUT2D eigenvalue weighted by atomic mass is 9.93. The van der Waals surface area contributed by atoms with Crippen molar-refractivity contribution in [2.24, 2.45) is 5.92 Å². The summed E-state index contributed by atoms with van der Waals surface area (Å²) in [5, 5.41) is 0. The summed E-state index contributed by atoms with van der Waals surface area (Å²) in [5.74, 6) is 0.570. The van der Waals surface area contributed by atoms with Gasteiger partial charge in [0.15, 0.2) is 0 Å². The van der Waals surface area contributed by atoms with E-state index < -0.39 is 0 Å². The molecule has 5 heteroatoms. The minimum atomic E-state index is -0.136. The van der Waals surface area contributed by atoms with Crippen LogP contribution in [0.1, 0.15) is 46.4 Å². The minimum absolute atomic E-state index is 0.136. The predicted molar refractivity (Wildman–Crippen MR) is 98.8 cm³/mol. The highest BCUT2D eigenvalue weighted by atomic mass is 16.2. The number of hydrogen-bond donors (Lipinski definition) is 0. The van der Waals surface area contributed by atoms with Crippen LogP contribution < -0.4 is 0 Å². The molecule has 1 aromatic rings. The Kier molecular flexibility index (Phi) is 5.86. The van der Waals surface area contributed by atoms with E-state index in [-0.39, 0.29) is 11.8 Å². The zero-order chi connectivity index (χ0) is 17.8. The summed E-state index contributed by atoms with van der Waals surface area (Å²) in [6, 6.07) is 7.12. The van der Waals surface area contributed by atoms with Gasteiger partial charge in [-0.25, -0.2) is 0 Å². The van der Waals surface area contributed by atoms with Crippen LogP contribution in [0.15, 0.2) is 24.3 Å². The van der Waals surface area contributed by atoms with Crippen LogP contribution in [0.4, 0.5) is 0 Å². The number of piperidine rings is 1. The second kappa shape index (κ2) is 8.11. The second-order valence-electron chi connectivity index (χ2n) is 7.54. The molecule has 5 nitrogen and oxygen atoms in total. The van der Waals surface area contributed by atoms with Crippen LogP contribution in [-0.4, -0.2) is 73.3 Å². The van der Waals surface area contributed by atoms with Gasteiger partial charge in [-0.15, -0.1) is 0 Å². The number of amides is 2. The number of carbonyl (C=O) groups excluding carboxylic acids is 2. The number of nitrogens with zero attached hydrogens (tertiary/aromatic N) is 3. The fraction of sp³-hybridized carbons (Fsp3) is 0.600. The van der Waals surface area contributed by atoms with Crippen LogP contribution in [-0.2, 0) is 0 Å². The Balaban J connectivity index is 1.40. The van der Waals surface area contributed by atoms with Gasteiger partial charge in [0.25, 0.3) is 11.8 Å². The van der Waals surface area contributed by atoms with Crippen molar-refractivity contribution in [3.63, 3.8) is 0 Å². The highest BCUT2D eigenvalue weighted by Gasteiger charge is 2.34. The van der Waals surface area contributed by atoms with Crippen LogP contribution in [0.25, 0.3) is 0 Å². The third-order valence-corrected chi connectivity index (χ3v) is 5.43. The first-order valence-electron chi connectivity index (χ1n) is 9.38. The van der Waals surface area contributed by atoms with Crippen LogP contribution in [0.3, 0.4) is 0 Å². The summed E-state index contributed by atoms with van der Waals surface area (Å²) in [5.41, 5.74) is 1.10. The molecule has 2 heterocycles. The van der Waals surface area contributed by atoms with Crippen molar-refractivity contribution in [3.8, 4) is 0 Å². The average Bonchev–Trinajstić information content (AvgIpc) is 2.86. The van der Waals surface area contributed by atoms with Crippen LogP contribution in [0.2, 0.25) is 0 Å². The third kappa shape index (κ3) is 4.28. The molecule has 2 aliphatic rings. The lowest BCUT2D eigenvalue weighted by Crippen LogP contribution is -2.37. The molecule has 0 aliphatic carbocycles. The molecule has 0 atom stereocenters. The Labute approximate surface area is 150 Å². The normalized spacial score (nSPS) is 19.1. The largest absolute Gasteiger partial charge is 0.309 e. The van der Waals surface area contributed by atoms with Gasteiger partial charge in [0.2, 0.25) is 0 Å². The maximum absolute atomic E-state index is 12.3. The smallest absolute Gasteiger partial charge is 0.261 e. The Morgan fingerprint density at radius 1 is 1.00 bits per heavy atom. The number of hydrogen-bond acceptors (Lipinski definition) is 4. The molecule has 0 saturated carbocycles. The summed E-state index contributed by atoms with van der Waals surface area (Å²) in [4.78, 5) is 30.8. The summed E-state index contributed by atoms with van der Waals surface area (Å²) in [6.45, 7) is 4.94. The van der Waals surface area contributed by atoms with E-state index in [9.17, 15) is 9.59 Å². The Morgan fingerprint density at radius 3 is 2.16 bits per heavy atom. The van der Waals surface area contributed by atoms with Crippen molar-refractivity contribution in [3.05, 3.63) is 35.4 Å². The first-order valence-corrected chi connectivity index (χ1v) is 9.38. The van der Waals surface area contributed by atoms with Crippen LogP contribution in [0.5, 0.6) is 0 Å². The van der Waals surface area contributed by atoms with Gasteiger partial charge < -0.3 is 9.80 Å². The molecule has 0 N–H and O–H groups in total. The lowest BCUT2D eigenvalue weighted by molar-refractivity contribution is 0.0644. The van der Waals surface area contributed by atoms with E-state index in [4.69, 9.17) is 0 Å². The number of imide groups is 1. The van der Waals surface area contributed by atoms with Gasteiger partial charge in [-0.1, -0.05) is 12.1 Å². The first-order chi connectivity index (χ1) is 12.1. The number of rotatable bonds is 7. The van der Waals surface area contributed by atoms with Gasteiger partial charge in [0.1, 0.15) is 0 Å². The van der Waals surface area contributed by atoms with E-state index in [1.54, 1.807) is 12.1 Å². The van der Waals surface area contributed by atoms with Crippen molar-refractivity contribution in [2.45, 2.75) is 25.7 Å². The third-order valence-electron chi connectivity index (χ3n) is 5.43. The van der Waals surface area contributed by atoms with E-state index >= 15 is 0 Å². The molecule has 0 bridgehead atoms. The van der Waals surface area contributed by atoms with Crippen molar-refractivity contribution in [2.75, 3.05) is 46.8 Å². The monoisotopic (exact) mass is 343 g/mol. The molecular formula is C20H29N3O2. The maximum atomic E-state index is 12.3. The fourth-order valence-corrected chi connectivity index (χ4v) is 3.83. The molecule has 0 aromatic heterocycles. The Morgan fingerprint density at radius 2 is 1.60 bits per heavy atom. The molecule has 25 heavy (non-hydrogen) atoms. The Hall–Kier alpha value is -1.72. The van der Waals surface area contributed by atoms with Crippen molar-refractivity contribution >= 4 is 11.8 Å². The molecule has 2 amide bonds. The van der Waals surface area contributed by atoms with Gasteiger partial charge in [-0.3, -0.25) is 14.5 Å². The molecule has 1 fully saturated rings. The Bertz CT molecular complexity index is 586. The molecule has 136 valence electrons. The highest BCUT2D eigenvalue weighted by molar-refractivity contribution is 6.21. The molecule has 3 rings (SSSR count). The summed E-state index contributed by atoms with van der Waals surface area (Å²) in [7, 11) is 4.27. The molecule has 0 radical (unpaired) electrons. The fourth-order valence-electron chi connectivity index (χ4n) is 3.83. The standard InChI is InChI=1S/C20H29N3O2/c1-21(2)13-8-16-9-14-22(15-10-16)11-5-12-23-19(24)17-6-3-4-7-18(17)20(23)25/h3-4,6-7,16H,5,8-15H2,1-2H3. The topological polar surface area (TPSA) is 43.9 Å². The summed E-state index contributed by atoms with van der Waals surface area (Å²) >= 11 is 0. The highest BCUT2D eigenvalue weighted by Crippen LogP contribution is 2.23.